The highest BCUT2D eigenvalue weighted by atomic mass is 19.4. The van der Waals surface area contributed by atoms with Crippen molar-refractivity contribution < 1.29 is 13.2 Å². The minimum Gasteiger partial charge on any atom is -0.308 e. The van der Waals surface area contributed by atoms with Gasteiger partial charge in [-0.05, 0) is 84.1 Å². The molecular weight excluding hydrogens is 724 g/mol. The third-order valence-corrected chi connectivity index (χ3v) is 11.3. The number of aryl methyl sites for hydroxylation is 2. The van der Waals surface area contributed by atoms with Crippen molar-refractivity contribution in [1.82, 2.24) is 9.13 Å². The van der Waals surface area contributed by atoms with Crippen molar-refractivity contribution in [2.45, 2.75) is 20.0 Å². The maximum atomic E-state index is 15.3. The number of halogens is 3. The van der Waals surface area contributed by atoms with Gasteiger partial charge in [0.15, 0.2) is 0 Å². The summed E-state index contributed by atoms with van der Waals surface area (Å²) in [5, 5.41) is 14.6. The van der Waals surface area contributed by atoms with Gasteiger partial charge in [0, 0.05) is 27.1 Å². The number of nitriles is 1. The second-order valence-electron chi connectivity index (χ2n) is 14.9. The molecule has 0 atom stereocenters. The lowest BCUT2D eigenvalue weighted by molar-refractivity contribution is -0.137. The summed E-state index contributed by atoms with van der Waals surface area (Å²) in [6.45, 7) is 4.09. The Hall–Kier alpha value is -7.36. The molecule has 2 aromatic heterocycles. The van der Waals surface area contributed by atoms with Crippen LogP contribution < -0.4 is 0 Å². The van der Waals surface area contributed by atoms with Crippen molar-refractivity contribution >= 4 is 43.6 Å². The normalized spacial score (nSPS) is 11.9. The fourth-order valence-corrected chi connectivity index (χ4v) is 8.56. The number of hydrogen-bond acceptors (Lipinski definition) is 1. The van der Waals surface area contributed by atoms with Crippen LogP contribution in [0.25, 0.3) is 88.4 Å². The van der Waals surface area contributed by atoms with E-state index in [0.29, 0.717) is 22.5 Å². The molecule has 0 saturated carbocycles. The zero-order valence-corrected chi connectivity index (χ0v) is 31.6. The van der Waals surface area contributed by atoms with E-state index in [1.807, 2.05) is 71.5 Å². The molecule has 0 spiro atoms. The highest BCUT2D eigenvalue weighted by Crippen LogP contribution is 2.47. The van der Waals surface area contributed by atoms with Gasteiger partial charge in [-0.25, -0.2) is 0 Å². The summed E-state index contributed by atoms with van der Waals surface area (Å²) in [7, 11) is 0. The van der Waals surface area contributed by atoms with E-state index in [-0.39, 0.29) is 5.56 Å². The molecule has 10 rings (SSSR count). The smallest absolute Gasteiger partial charge is 0.308 e. The van der Waals surface area contributed by atoms with Crippen molar-refractivity contribution in [3.8, 4) is 50.8 Å². The van der Waals surface area contributed by atoms with E-state index in [1.165, 1.54) is 6.07 Å². The molecule has 2 heterocycles. The highest BCUT2D eigenvalue weighted by Gasteiger charge is 2.35. The standard InChI is InChI=1S/C52H34F3N3/c1-32-15-19-35(20-16-32)37-23-25-41-39-9-4-7-13-45(39)57(47(41)29-37)49-27-34(31-56)28-50(51(49)43-11-3-6-12-44(43)52(53,54)55)58-46-14-8-5-10-40(46)42-26-24-38(30-48(42)58)36-21-17-33(2)18-22-36/h3-30H,1-2H3. The zero-order chi connectivity index (χ0) is 39.7. The first-order valence-corrected chi connectivity index (χ1v) is 19.1. The van der Waals surface area contributed by atoms with Crippen LogP contribution in [0.4, 0.5) is 13.2 Å². The summed E-state index contributed by atoms with van der Waals surface area (Å²) < 4.78 is 50.0. The predicted molar refractivity (Wildman–Crippen MR) is 231 cm³/mol. The third kappa shape index (κ3) is 5.66. The molecule has 0 fully saturated rings. The summed E-state index contributed by atoms with van der Waals surface area (Å²) in [6, 6.07) is 56.7. The van der Waals surface area contributed by atoms with Crippen molar-refractivity contribution in [3.05, 3.63) is 192 Å². The average Bonchev–Trinajstić information content (AvgIpc) is 3.75. The molecule has 58 heavy (non-hydrogen) atoms. The minimum absolute atomic E-state index is 0.0192. The van der Waals surface area contributed by atoms with E-state index in [2.05, 4.69) is 91.0 Å². The van der Waals surface area contributed by atoms with Crippen LogP contribution in [0.15, 0.2) is 170 Å². The maximum Gasteiger partial charge on any atom is 0.417 e. The van der Waals surface area contributed by atoms with Gasteiger partial charge in [0.1, 0.15) is 0 Å². The molecular formula is C52H34F3N3. The topological polar surface area (TPSA) is 33.6 Å². The SMILES string of the molecule is Cc1ccc(-c2ccc3c4ccccc4n(-c4cc(C#N)cc(-n5c6ccccc6c6ccc(-c7ccc(C)cc7)cc65)c4-c4ccccc4C(F)(F)F)c3c2)cc1. The lowest BCUT2D eigenvalue weighted by atomic mass is 9.94. The Morgan fingerprint density at radius 2 is 0.862 bits per heavy atom. The monoisotopic (exact) mass is 757 g/mol. The van der Waals surface area contributed by atoms with E-state index in [4.69, 9.17) is 0 Å². The second kappa shape index (κ2) is 13.4. The van der Waals surface area contributed by atoms with E-state index in [9.17, 15) is 5.26 Å². The van der Waals surface area contributed by atoms with Gasteiger partial charge in [-0.15, -0.1) is 0 Å². The summed E-state index contributed by atoms with van der Waals surface area (Å²) in [5.74, 6) is 0. The van der Waals surface area contributed by atoms with Gasteiger partial charge in [0.2, 0.25) is 0 Å². The largest absolute Gasteiger partial charge is 0.417 e. The molecule has 0 N–H and O–H groups in total. The first kappa shape index (κ1) is 35.1. The predicted octanol–water partition coefficient (Wildman–Crippen LogP) is 14.4. The number of benzene rings is 8. The highest BCUT2D eigenvalue weighted by molar-refractivity contribution is 6.13. The molecule has 0 radical (unpaired) electrons. The lowest BCUT2D eigenvalue weighted by Gasteiger charge is -2.23. The van der Waals surface area contributed by atoms with E-state index >= 15 is 13.2 Å². The van der Waals surface area contributed by atoms with Gasteiger partial charge in [-0.3, -0.25) is 0 Å². The van der Waals surface area contributed by atoms with Crippen LogP contribution in [-0.4, -0.2) is 9.13 Å². The van der Waals surface area contributed by atoms with Gasteiger partial charge in [-0.2, -0.15) is 18.4 Å². The molecule has 10 aromatic rings. The quantitative estimate of drug-likeness (QED) is 0.172. The van der Waals surface area contributed by atoms with Crippen LogP contribution in [-0.2, 0) is 6.18 Å². The number of nitrogens with zero attached hydrogens (tertiary/aromatic N) is 3. The molecule has 0 aliphatic heterocycles. The summed E-state index contributed by atoms with van der Waals surface area (Å²) >= 11 is 0. The molecule has 0 amide bonds. The van der Waals surface area contributed by atoms with Crippen molar-refractivity contribution in [3.63, 3.8) is 0 Å². The average molecular weight is 758 g/mol. The molecule has 278 valence electrons. The molecule has 0 aliphatic rings. The summed E-state index contributed by atoms with van der Waals surface area (Å²) in [5.41, 5.74) is 10.4. The van der Waals surface area contributed by atoms with E-state index in [1.54, 1.807) is 24.3 Å². The molecule has 8 aromatic carbocycles. The Labute approximate surface area is 333 Å². The first-order valence-electron chi connectivity index (χ1n) is 19.1. The van der Waals surface area contributed by atoms with Gasteiger partial charge >= 0.3 is 6.18 Å². The van der Waals surface area contributed by atoms with Gasteiger partial charge < -0.3 is 9.13 Å². The number of hydrogen-bond donors (Lipinski definition) is 0. The lowest BCUT2D eigenvalue weighted by Crippen LogP contribution is -2.11. The minimum atomic E-state index is -4.67. The molecule has 6 heteroatoms. The van der Waals surface area contributed by atoms with Crippen LogP contribution in [0, 0.1) is 25.2 Å². The molecule has 0 saturated heterocycles. The van der Waals surface area contributed by atoms with Crippen LogP contribution >= 0.6 is 0 Å². The Morgan fingerprint density at radius 3 is 1.33 bits per heavy atom. The second-order valence-corrected chi connectivity index (χ2v) is 14.9. The van der Waals surface area contributed by atoms with Crippen molar-refractivity contribution in [2.75, 3.05) is 0 Å². The zero-order valence-electron chi connectivity index (χ0n) is 31.6. The van der Waals surface area contributed by atoms with Gasteiger partial charge in [0.25, 0.3) is 0 Å². The van der Waals surface area contributed by atoms with Crippen LogP contribution in [0.5, 0.6) is 0 Å². The number of fused-ring (bicyclic) bond motifs is 6. The van der Waals surface area contributed by atoms with Crippen molar-refractivity contribution in [2.24, 2.45) is 0 Å². The molecule has 3 nitrogen and oxygen atoms in total. The van der Waals surface area contributed by atoms with Crippen LogP contribution in [0.3, 0.4) is 0 Å². The molecule has 0 aliphatic carbocycles. The number of alkyl halides is 3. The Morgan fingerprint density at radius 1 is 0.448 bits per heavy atom. The summed E-state index contributed by atoms with van der Waals surface area (Å²) in [4.78, 5) is 0. The van der Waals surface area contributed by atoms with Crippen LogP contribution in [0.2, 0.25) is 0 Å². The van der Waals surface area contributed by atoms with Gasteiger partial charge in [0.05, 0.1) is 50.6 Å². The summed E-state index contributed by atoms with van der Waals surface area (Å²) in [6.07, 6.45) is -4.67. The number of rotatable bonds is 5. The van der Waals surface area contributed by atoms with Crippen molar-refractivity contribution in [1.29, 1.82) is 5.26 Å². The molecule has 0 bridgehead atoms. The van der Waals surface area contributed by atoms with Gasteiger partial charge in [-0.1, -0.05) is 139 Å². The number of para-hydroxylation sites is 2. The first-order chi connectivity index (χ1) is 28.2. The Kier molecular flexibility index (Phi) is 8.10. The fraction of sp³-hybridized carbons (Fsp3) is 0.0577. The van der Waals surface area contributed by atoms with E-state index < -0.39 is 11.7 Å². The third-order valence-electron chi connectivity index (χ3n) is 11.3. The Balaban J connectivity index is 1.38. The number of aromatic nitrogens is 2. The van der Waals surface area contributed by atoms with E-state index in [0.717, 1.165) is 83.1 Å². The maximum absolute atomic E-state index is 15.3. The molecule has 0 unspecified atom stereocenters. The Bertz CT molecular complexity index is 3100. The van der Waals surface area contributed by atoms with Crippen LogP contribution in [0.1, 0.15) is 22.3 Å². The fourth-order valence-electron chi connectivity index (χ4n) is 8.56.